The molecule has 10 nitrogen and oxygen atoms in total. The maximum Gasteiger partial charge on any atom is 0.227 e. The Kier molecular flexibility index (Phi) is 5.29. The third-order valence-electron chi connectivity index (χ3n) is 7.01. The highest BCUT2D eigenvalue weighted by Gasteiger charge is 2.25. The van der Waals surface area contributed by atoms with Gasteiger partial charge in [0.1, 0.15) is 22.8 Å². The molecule has 1 saturated carbocycles. The number of aromatic hydroxyl groups is 1. The van der Waals surface area contributed by atoms with Crippen LogP contribution in [0.2, 0.25) is 0 Å². The molecule has 192 valence electrons. The standard InChI is InChI=1S/C28H21FN8O2/c29-17-6-15(8-19(38)9-17)24-26-21(4-5-31-24)34-27(35-26)25-20-10-22(32-13-23(20)36-37-25)16-7-18(12-30-11-16)33-28(39)14-2-1-3-14/h4-14,38H,1-3H2,(H,33,39)(H,34,35)(H,36,37). The molecule has 1 aromatic carbocycles. The van der Waals surface area contributed by atoms with E-state index in [1.165, 1.54) is 12.1 Å². The molecule has 1 amide bonds. The Morgan fingerprint density at radius 2 is 1.90 bits per heavy atom. The lowest BCUT2D eigenvalue weighted by atomic mass is 9.85. The van der Waals surface area contributed by atoms with Gasteiger partial charge < -0.3 is 15.4 Å². The van der Waals surface area contributed by atoms with E-state index in [-0.39, 0.29) is 17.6 Å². The zero-order valence-electron chi connectivity index (χ0n) is 20.4. The highest BCUT2D eigenvalue weighted by molar-refractivity contribution is 5.97. The lowest BCUT2D eigenvalue weighted by Gasteiger charge is -2.24. The van der Waals surface area contributed by atoms with E-state index >= 15 is 0 Å². The van der Waals surface area contributed by atoms with Crippen LogP contribution in [0.1, 0.15) is 19.3 Å². The number of phenolic OH excluding ortho intramolecular Hbond substituents is 1. The number of anilines is 1. The molecule has 7 rings (SSSR count). The van der Waals surface area contributed by atoms with Crippen LogP contribution in [0.15, 0.2) is 61.2 Å². The average Bonchev–Trinajstić information content (AvgIpc) is 3.50. The maximum absolute atomic E-state index is 14.0. The summed E-state index contributed by atoms with van der Waals surface area (Å²) in [4.78, 5) is 33.6. The monoisotopic (exact) mass is 520 g/mol. The molecule has 0 radical (unpaired) electrons. The molecule has 0 bridgehead atoms. The number of nitrogens with one attached hydrogen (secondary N) is 3. The molecule has 0 spiro atoms. The number of benzene rings is 1. The fourth-order valence-electron chi connectivity index (χ4n) is 4.79. The van der Waals surface area contributed by atoms with Gasteiger partial charge >= 0.3 is 0 Å². The van der Waals surface area contributed by atoms with E-state index in [9.17, 15) is 14.3 Å². The molecule has 5 aromatic heterocycles. The Hall–Kier alpha value is -5.19. The third kappa shape index (κ3) is 4.13. The van der Waals surface area contributed by atoms with Crippen molar-refractivity contribution in [3.05, 3.63) is 67.0 Å². The molecule has 0 saturated heterocycles. The number of halogens is 1. The predicted molar refractivity (Wildman–Crippen MR) is 143 cm³/mol. The summed E-state index contributed by atoms with van der Waals surface area (Å²) < 4.78 is 14.0. The molecule has 4 N–H and O–H groups in total. The molecular formula is C28H21FN8O2. The number of fused-ring (bicyclic) bond motifs is 2. The topological polar surface area (TPSA) is 145 Å². The zero-order chi connectivity index (χ0) is 26.5. The van der Waals surface area contributed by atoms with Gasteiger partial charge in [0.2, 0.25) is 5.91 Å². The Morgan fingerprint density at radius 1 is 1.00 bits per heavy atom. The van der Waals surface area contributed by atoms with Crippen LogP contribution < -0.4 is 5.32 Å². The minimum atomic E-state index is -0.570. The molecule has 6 aromatic rings. The number of carbonyl (C=O) groups excluding carboxylic acids is 1. The number of hydrogen-bond acceptors (Lipinski definition) is 7. The summed E-state index contributed by atoms with van der Waals surface area (Å²) in [6.45, 7) is 0. The highest BCUT2D eigenvalue weighted by atomic mass is 19.1. The fourth-order valence-corrected chi connectivity index (χ4v) is 4.79. The summed E-state index contributed by atoms with van der Waals surface area (Å²) in [5.74, 6) is -0.184. The largest absolute Gasteiger partial charge is 0.508 e. The summed E-state index contributed by atoms with van der Waals surface area (Å²) in [5.41, 5.74) is 5.35. The summed E-state index contributed by atoms with van der Waals surface area (Å²) in [6.07, 6.45) is 9.53. The van der Waals surface area contributed by atoms with Gasteiger partial charge in [0.05, 0.1) is 40.5 Å². The first kappa shape index (κ1) is 23.0. The van der Waals surface area contributed by atoms with Crippen molar-refractivity contribution in [2.24, 2.45) is 5.92 Å². The van der Waals surface area contributed by atoms with Crippen molar-refractivity contribution < 1.29 is 14.3 Å². The van der Waals surface area contributed by atoms with Crippen molar-refractivity contribution in [3.63, 3.8) is 0 Å². The van der Waals surface area contributed by atoms with Crippen molar-refractivity contribution in [2.45, 2.75) is 19.3 Å². The number of aromatic nitrogens is 7. The minimum absolute atomic E-state index is 0.0212. The van der Waals surface area contributed by atoms with Gasteiger partial charge in [-0.3, -0.25) is 24.8 Å². The van der Waals surface area contributed by atoms with Crippen LogP contribution in [0.4, 0.5) is 10.1 Å². The van der Waals surface area contributed by atoms with Gasteiger partial charge in [-0.2, -0.15) is 5.10 Å². The minimum Gasteiger partial charge on any atom is -0.508 e. The smallest absolute Gasteiger partial charge is 0.227 e. The number of hydrogen-bond donors (Lipinski definition) is 4. The number of H-pyrrole nitrogens is 2. The van der Waals surface area contributed by atoms with Gasteiger partial charge in [0, 0.05) is 40.9 Å². The SMILES string of the molecule is O=C(Nc1cncc(-c2cc3c(-c4nc5c(-c6cc(O)cc(F)c6)nccc5[nH]4)n[nH]c3cn2)c1)C1CCC1. The van der Waals surface area contributed by atoms with Crippen molar-refractivity contribution in [2.75, 3.05) is 5.32 Å². The first-order chi connectivity index (χ1) is 19.0. The molecule has 0 atom stereocenters. The molecular weight excluding hydrogens is 499 g/mol. The van der Waals surface area contributed by atoms with Gasteiger partial charge in [-0.05, 0) is 43.2 Å². The number of carbonyl (C=O) groups is 1. The molecule has 0 aliphatic heterocycles. The number of nitrogens with zero attached hydrogens (tertiary/aromatic N) is 5. The molecule has 11 heteroatoms. The molecule has 1 fully saturated rings. The fraction of sp³-hybridized carbons (Fsp3) is 0.143. The second kappa shape index (κ2) is 8.98. The van der Waals surface area contributed by atoms with Crippen LogP contribution in [-0.4, -0.2) is 46.1 Å². The summed E-state index contributed by atoms with van der Waals surface area (Å²) in [6, 6.07) is 9.29. The highest BCUT2D eigenvalue weighted by Crippen LogP contribution is 2.33. The van der Waals surface area contributed by atoms with Gasteiger partial charge in [-0.25, -0.2) is 9.37 Å². The van der Waals surface area contributed by atoms with E-state index in [1.807, 2.05) is 12.1 Å². The number of rotatable bonds is 5. The van der Waals surface area contributed by atoms with E-state index in [0.29, 0.717) is 50.7 Å². The van der Waals surface area contributed by atoms with E-state index in [0.717, 1.165) is 36.3 Å². The van der Waals surface area contributed by atoms with Crippen molar-refractivity contribution >= 4 is 33.5 Å². The Morgan fingerprint density at radius 3 is 2.72 bits per heavy atom. The average molecular weight is 521 g/mol. The summed E-state index contributed by atoms with van der Waals surface area (Å²) in [5, 5.41) is 21.1. The van der Waals surface area contributed by atoms with E-state index in [4.69, 9.17) is 4.98 Å². The summed E-state index contributed by atoms with van der Waals surface area (Å²) >= 11 is 0. The number of imidazole rings is 1. The summed E-state index contributed by atoms with van der Waals surface area (Å²) in [7, 11) is 0. The Labute approximate surface area is 220 Å². The van der Waals surface area contributed by atoms with Crippen molar-refractivity contribution in [1.29, 1.82) is 0 Å². The maximum atomic E-state index is 14.0. The van der Waals surface area contributed by atoms with E-state index < -0.39 is 5.82 Å². The quantitative estimate of drug-likeness (QED) is 0.244. The number of pyridine rings is 3. The van der Waals surface area contributed by atoms with Gasteiger partial charge in [0.25, 0.3) is 0 Å². The van der Waals surface area contributed by atoms with Crippen LogP contribution in [-0.2, 0) is 4.79 Å². The van der Waals surface area contributed by atoms with Gasteiger partial charge in [-0.1, -0.05) is 6.42 Å². The third-order valence-corrected chi connectivity index (χ3v) is 7.01. The van der Waals surface area contributed by atoms with Crippen LogP contribution in [0.5, 0.6) is 5.75 Å². The van der Waals surface area contributed by atoms with Crippen molar-refractivity contribution in [1.82, 2.24) is 35.1 Å². The van der Waals surface area contributed by atoms with Crippen molar-refractivity contribution in [3.8, 4) is 39.8 Å². The van der Waals surface area contributed by atoms with Crippen LogP contribution in [0.25, 0.3) is 56.0 Å². The number of phenols is 1. The first-order valence-electron chi connectivity index (χ1n) is 12.5. The van der Waals surface area contributed by atoms with E-state index in [2.05, 4.69) is 35.5 Å². The van der Waals surface area contributed by atoms with Gasteiger partial charge in [-0.15, -0.1) is 0 Å². The van der Waals surface area contributed by atoms with Crippen LogP contribution >= 0.6 is 0 Å². The molecule has 1 aliphatic carbocycles. The second-order valence-corrected chi connectivity index (χ2v) is 9.61. The zero-order valence-corrected chi connectivity index (χ0v) is 20.4. The van der Waals surface area contributed by atoms with Gasteiger partial charge in [0.15, 0.2) is 5.82 Å². The molecule has 0 unspecified atom stereocenters. The van der Waals surface area contributed by atoms with E-state index in [1.54, 1.807) is 30.9 Å². The van der Waals surface area contributed by atoms with Crippen LogP contribution in [0.3, 0.4) is 0 Å². The lowest BCUT2D eigenvalue weighted by Crippen LogP contribution is -2.28. The Bertz CT molecular complexity index is 1870. The molecule has 39 heavy (non-hydrogen) atoms. The normalized spacial score (nSPS) is 13.6. The molecule has 5 heterocycles. The van der Waals surface area contributed by atoms with Crippen LogP contribution in [0, 0.1) is 11.7 Å². The number of amides is 1. The predicted octanol–water partition coefficient (Wildman–Crippen LogP) is 5.21. The second-order valence-electron chi connectivity index (χ2n) is 9.61. The Balaban J connectivity index is 1.27. The number of aromatic amines is 2. The lowest BCUT2D eigenvalue weighted by molar-refractivity contribution is -0.122. The first-order valence-corrected chi connectivity index (χ1v) is 12.5. The molecule has 1 aliphatic rings.